The van der Waals surface area contributed by atoms with Crippen LogP contribution in [0.3, 0.4) is 0 Å². The SMILES string of the molecule is c1csc(C2COCCN2N2CCCCC2)c1. The summed E-state index contributed by atoms with van der Waals surface area (Å²) in [6, 6.07) is 4.83. The summed E-state index contributed by atoms with van der Waals surface area (Å²) >= 11 is 1.85. The van der Waals surface area contributed by atoms with Crippen LogP contribution < -0.4 is 0 Å². The molecule has 0 spiro atoms. The molecule has 3 nitrogen and oxygen atoms in total. The van der Waals surface area contributed by atoms with E-state index in [4.69, 9.17) is 4.74 Å². The predicted octanol–water partition coefficient (Wildman–Crippen LogP) is 2.52. The third-order valence-corrected chi connectivity index (χ3v) is 4.64. The molecule has 0 amide bonds. The van der Waals surface area contributed by atoms with E-state index in [0.717, 1.165) is 19.8 Å². The normalized spacial score (nSPS) is 28.4. The quantitative estimate of drug-likeness (QED) is 0.804. The van der Waals surface area contributed by atoms with E-state index in [1.807, 2.05) is 11.3 Å². The molecule has 3 rings (SSSR count). The van der Waals surface area contributed by atoms with Crippen LogP contribution >= 0.6 is 11.3 Å². The lowest BCUT2D eigenvalue weighted by Gasteiger charge is -2.44. The molecule has 1 atom stereocenters. The Morgan fingerprint density at radius 2 is 2.06 bits per heavy atom. The standard InChI is InChI=1S/C13H20N2OS/c1-2-6-14(7-3-1)15-8-9-16-11-12(15)13-5-4-10-17-13/h4-5,10,12H,1-3,6-9,11H2. The molecule has 17 heavy (non-hydrogen) atoms. The van der Waals surface area contributed by atoms with Crippen LogP contribution in [-0.4, -0.2) is 42.9 Å². The maximum absolute atomic E-state index is 5.67. The molecule has 0 radical (unpaired) electrons. The van der Waals surface area contributed by atoms with Gasteiger partial charge in [-0.25, -0.2) is 10.0 Å². The Morgan fingerprint density at radius 3 is 2.82 bits per heavy atom. The number of hydrazine groups is 1. The lowest BCUT2D eigenvalue weighted by atomic mass is 10.1. The Hall–Kier alpha value is -0.420. The van der Waals surface area contributed by atoms with Crippen LogP contribution in [0.4, 0.5) is 0 Å². The highest BCUT2D eigenvalue weighted by molar-refractivity contribution is 7.10. The van der Waals surface area contributed by atoms with Crippen LogP contribution in [0.2, 0.25) is 0 Å². The molecule has 1 aromatic rings. The van der Waals surface area contributed by atoms with Gasteiger partial charge in [0.1, 0.15) is 0 Å². The Bertz CT molecular complexity index is 335. The van der Waals surface area contributed by atoms with Gasteiger partial charge < -0.3 is 4.74 Å². The summed E-state index contributed by atoms with van der Waals surface area (Å²) in [5.74, 6) is 0. The Morgan fingerprint density at radius 1 is 1.18 bits per heavy atom. The zero-order valence-corrected chi connectivity index (χ0v) is 11.0. The zero-order chi connectivity index (χ0) is 11.5. The molecule has 4 heteroatoms. The summed E-state index contributed by atoms with van der Waals surface area (Å²) in [4.78, 5) is 1.44. The number of hydrogen-bond donors (Lipinski definition) is 0. The van der Waals surface area contributed by atoms with E-state index in [2.05, 4.69) is 27.5 Å². The molecule has 0 aromatic carbocycles. The average molecular weight is 252 g/mol. The Balaban J connectivity index is 1.75. The molecule has 3 heterocycles. The number of piperidine rings is 1. The van der Waals surface area contributed by atoms with E-state index in [0.29, 0.717) is 6.04 Å². The zero-order valence-electron chi connectivity index (χ0n) is 10.2. The summed E-state index contributed by atoms with van der Waals surface area (Å²) in [6.45, 7) is 5.21. The maximum Gasteiger partial charge on any atom is 0.0822 e. The van der Waals surface area contributed by atoms with Crippen molar-refractivity contribution >= 4 is 11.3 Å². The molecule has 2 aliphatic rings. The van der Waals surface area contributed by atoms with Crippen molar-refractivity contribution in [2.24, 2.45) is 0 Å². The lowest BCUT2D eigenvalue weighted by Crippen LogP contribution is -2.52. The topological polar surface area (TPSA) is 15.7 Å². The summed E-state index contributed by atoms with van der Waals surface area (Å²) in [7, 11) is 0. The van der Waals surface area contributed by atoms with Gasteiger partial charge in [0, 0.05) is 24.5 Å². The van der Waals surface area contributed by atoms with Crippen LogP contribution in [-0.2, 0) is 4.74 Å². The molecule has 0 aliphatic carbocycles. The highest BCUT2D eigenvalue weighted by atomic mass is 32.1. The van der Waals surface area contributed by atoms with E-state index in [-0.39, 0.29) is 0 Å². The van der Waals surface area contributed by atoms with Crippen LogP contribution in [0.25, 0.3) is 0 Å². The Kier molecular flexibility index (Phi) is 3.76. The van der Waals surface area contributed by atoms with Crippen LogP contribution in [0.15, 0.2) is 17.5 Å². The smallest absolute Gasteiger partial charge is 0.0822 e. The molecular weight excluding hydrogens is 232 g/mol. The fraction of sp³-hybridized carbons (Fsp3) is 0.692. The van der Waals surface area contributed by atoms with Crippen molar-refractivity contribution in [1.29, 1.82) is 0 Å². The molecule has 2 aliphatic heterocycles. The average Bonchev–Trinajstić information content (AvgIpc) is 2.94. The van der Waals surface area contributed by atoms with Gasteiger partial charge in [0.05, 0.1) is 19.3 Å². The van der Waals surface area contributed by atoms with Gasteiger partial charge in [-0.05, 0) is 24.3 Å². The van der Waals surface area contributed by atoms with Gasteiger partial charge in [-0.2, -0.15) is 0 Å². The summed E-state index contributed by atoms with van der Waals surface area (Å²) in [5.41, 5.74) is 0. The maximum atomic E-state index is 5.67. The van der Waals surface area contributed by atoms with Gasteiger partial charge in [-0.3, -0.25) is 0 Å². The molecule has 0 N–H and O–H groups in total. The van der Waals surface area contributed by atoms with Gasteiger partial charge >= 0.3 is 0 Å². The van der Waals surface area contributed by atoms with Crippen molar-refractivity contribution in [1.82, 2.24) is 10.0 Å². The third-order valence-electron chi connectivity index (χ3n) is 3.67. The van der Waals surface area contributed by atoms with Gasteiger partial charge in [-0.1, -0.05) is 12.5 Å². The molecule has 0 bridgehead atoms. The minimum atomic E-state index is 0.446. The summed E-state index contributed by atoms with van der Waals surface area (Å²) in [6.07, 6.45) is 4.08. The molecule has 1 unspecified atom stereocenters. The highest BCUT2D eigenvalue weighted by Crippen LogP contribution is 2.30. The van der Waals surface area contributed by atoms with Crippen LogP contribution in [0.1, 0.15) is 30.2 Å². The summed E-state index contributed by atoms with van der Waals surface area (Å²) < 4.78 is 5.67. The minimum absolute atomic E-state index is 0.446. The minimum Gasteiger partial charge on any atom is -0.378 e. The number of morpholine rings is 1. The van der Waals surface area contributed by atoms with E-state index in [1.165, 1.54) is 37.2 Å². The molecule has 94 valence electrons. The number of ether oxygens (including phenoxy) is 1. The number of nitrogens with zero attached hydrogens (tertiary/aromatic N) is 2. The van der Waals surface area contributed by atoms with E-state index >= 15 is 0 Å². The number of rotatable bonds is 2. The van der Waals surface area contributed by atoms with Crippen molar-refractivity contribution in [2.45, 2.75) is 25.3 Å². The fourth-order valence-electron chi connectivity index (χ4n) is 2.78. The van der Waals surface area contributed by atoms with E-state index < -0.39 is 0 Å². The van der Waals surface area contributed by atoms with Crippen LogP contribution in [0, 0.1) is 0 Å². The highest BCUT2D eigenvalue weighted by Gasteiger charge is 2.30. The molecule has 2 saturated heterocycles. The second-order valence-electron chi connectivity index (χ2n) is 4.78. The molecule has 1 aromatic heterocycles. The number of hydrogen-bond acceptors (Lipinski definition) is 4. The first-order chi connectivity index (χ1) is 8.45. The van der Waals surface area contributed by atoms with Gasteiger partial charge in [0.25, 0.3) is 0 Å². The molecular formula is C13H20N2OS. The number of thiophene rings is 1. The third kappa shape index (κ3) is 2.55. The summed E-state index contributed by atoms with van der Waals surface area (Å²) in [5, 5.41) is 7.27. The monoisotopic (exact) mass is 252 g/mol. The van der Waals surface area contributed by atoms with Crippen molar-refractivity contribution < 1.29 is 4.74 Å². The van der Waals surface area contributed by atoms with Crippen molar-refractivity contribution in [3.05, 3.63) is 22.4 Å². The van der Waals surface area contributed by atoms with Crippen molar-refractivity contribution in [3.63, 3.8) is 0 Å². The fourth-order valence-corrected chi connectivity index (χ4v) is 3.60. The second-order valence-corrected chi connectivity index (χ2v) is 5.76. The van der Waals surface area contributed by atoms with Gasteiger partial charge in [-0.15, -0.1) is 11.3 Å². The van der Waals surface area contributed by atoms with Gasteiger partial charge in [0.2, 0.25) is 0 Å². The van der Waals surface area contributed by atoms with Crippen LogP contribution in [0.5, 0.6) is 0 Å². The molecule has 2 fully saturated rings. The molecule has 0 saturated carbocycles. The van der Waals surface area contributed by atoms with Crippen molar-refractivity contribution in [2.75, 3.05) is 32.8 Å². The first-order valence-electron chi connectivity index (χ1n) is 6.58. The van der Waals surface area contributed by atoms with E-state index in [1.54, 1.807) is 0 Å². The second kappa shape index (κ2) is 5.48. The Labute approximate surface area is 107 Å². The van der Waals surface area contributed by atoms with E-state index in [9.17, 15) is 0 Å². The predicted molar refractivity (Wildman–Crippen MR) is 70.0 cm³/mol. The largest absolute Gasteiger partial charge is 0.378 e. The first kappa shape index (κ1) is 11.7. The first-order valence-corrected chi connectivity index (χ1v) is 7.46. The van der Waals surface area contributed by atoms with Crippen molar-refractivity contribution in [3.8, 4) is 0 Å². The lowest BCUT2D eigenvalue weighted by molar-refractivity contribution is -0.136. The van der Waals surface area contributed by atoms with Gasteiger partial charge in [0.15, 0.2) is 0 Å².